The van der Waals surface area contributed by atoms with E-state index in [0.717, 1.165) is 27.0 Å². The maximum absolute atomic E-state index is 12.8. The molecule has 0 spiro atoms. The number of amides is 1. The van der Waals surface area contributed by atoms with Crippen LogP contribution < -0.4 is 10.1 Å². The van der Waals surface area contributed by atoms with Crippen LogP contribution in [0.5, 0.6) is 5.75 Å². The molecule has 1 N–H and O–H groups in total. The average molecular weight is 528 g/mol. The predicted molar refractivity (Wildman–Crippen MR) is 137 cm³/mol. The summed E-state index contributed by atoms with van der Waals surface area (Å²) < 4.78 is 14.2. The van der Waals surface area contributed by atoms with Gasteiger partial charge in [-0.25, -0.2) is 4.68 Å². The van der Waals surface area contributed by atoms with Crippen LogP contribution in [0.3, 0.4) is 0 Å². The third-order valence-electron chi connectivity index (χ3n) is 5.39. The van der Waals surface area contributed by atoms with Gasteiger partial charge in [0.2, 0.25) is 0 Å². The number of benzene rings is 3. The van der Waals surface area contributed by atoms with Crippen LogP contribution >= 0.6 is 15.9 Å². The minimum atomic E-state index is -0.302. The van der Waals surface area contributed by atoms with Gasteiger partial charge >= 0.3 is 0 Å². The molecule has 0 aliphatic rings. The highest BCUT2D eigenvalue weighted by Gasteiger charge is 2.16. The second kappa shape index (κ2) is 10.4. The Kier molecular flexibility index (Phi) is 6.77. The maximum atomic E-state index is 12.8. The molecule has 3 aromatic carbocycles. The molecule has 2 heterocycles. The smallest absolute Gasteiger partial charge is 0.287 e. The summed E-state index contributed by atoms with van der Waals surface area (Å²) in [7, 11) is 0. The summed E-state index contributed by atoms with van der Waals surface area (Å²) in [6.07, 6.45) is 1.94. The van der Waals surface area contributed by atoms with Crippen molar-refractivity contribution in [2.24, 2.45) is 0 Å². The molecule has 0 atom stereocenters. The molecule has 0 radical (unpaired) electrons. The Balaban J connectivity index is 1.29. The van der Waals surface area contributed by atoms with Crippen molar-refractivity contribution in [3.8, 4) is 22.7 Å². The van der Waals surface area contributed by atoms with Crippen LogP contribution in [0.25, 0.3) is 16.9 Å². The zero-order chi connectivity index (χ0) is 24.0. The van der Waals surface area contributed by atoms with Gasteiger partial charge in [-0.15, -0.1) is 0 Å². The SMILES string of the molecule is O=C(NCc1cn(-c2ccccc2)nc1-c1ccccc1)c1ccc(COc2ccccc2Br)o1. The summed E-state index contributed by atoms with van der Waals surface area (Å²) in [6.45, 7) is 0.525. The lowest BCUT2D eigenvalue weighted by atomic mass is 10.1. The molecule has 1 amide bonds. The molecule has 0 fully saturated rings. The molecule has 5 rings (SSSR count). The van der Waals surface area contributed by atoms with Gasteiger partial charge < -0.3 is 14.5 Å². The highest BCUT2D eigenvalue weighted by molar-refractivity contribution is 9.10. The fraction of sp³-hybridized carbons (Fsp3) is 0.0714. The fourth-order valence-electron chi connectivity index (χ4n) is 3.64. The van der Waals surface area contributed by atoms with E-state index in [9.17, 15) is 4.79 Å². The van der Waals surface area contributed by atoms with Crippen molar-refractivity contribution in [1.29, 1.82) is 0 Å². The summed E-state index contributed by atoms with van der Waals surface area (Å²) in [6, 6.07) is 30.8. The average Bonchev–Trinajstić information content (AvgIpc) is 3.56. The van der Waals surface area contributed by atoms with Crippen molar-refractivity contribution in [2.75, 3.05) is 0 Å². The van der Waals surface area contributed by atoms with Crippen LogP contribution in [0.4, 0.5) is 0 Å². The zero-order valence-electron chi connectivity index (χ0n) is 18.7. The number of nitrogens with one attached hydrogen (secondary N) is 1. The number of ether oxygens (including phenoxy) is 1. The van der Waals surface area contributed by atoms with Crippen LogP contribution in [0.2, 0.25) is 0 Å². The Bertz CT molecular complexity index is 1430. The summed E-state index contributed by atoms with van der Waals surface area (Å²) in [5.74, 6) is 1.20. The second-order valence-electron chi connectivity index (χ2n) is 7.82. The third kappa shape index (κ3) is 5.36. The highest BCUT2D eigenvalue weighted by atomic mass is 79.9. The van der Waals surface area contributed by atoms with Crippen molar-refractivity contribution < 1.29 is 13.9 Å². The van der Waals surface area contributed by atoms with Gasteiger partial charge in [0.25, 0.3) is 5.91 Å². The molecular weight excluding hydrogens is 506 g/mol. The van der Waals surface area contributed by atoms with E-state index in [1.165, 1.54) is 0 Å². The van der Waals surface area contributed by atoms with Gasteiger partial charge in [-0.2, -0.15) is 5.10 Å². The number of aromatic nitrogens is 2. The van der Waals surface area contributed by atoms with Crippen LogP contribution in [0, 0.1) is 0 Å². The van der Waals surface area contributed by atoms with E-state index in [1.54, 1.807) is 12.1 Å². The van der Waals surface area contributed by atoms with Crippen molar-refractivity contribution >= 4 is 21.8 Å². The monoisotopic (exact) mass is 527 g/mol. The number of nitrogens with zero attached hydrogens (tertiary/aromatic N) is 2. The number of rotatable bonds is 8. The van der Waals surface area contributed by atoms with Crippen LogP contribution in [-0.2, 0) is 13.2 Å². The van der Waals surface area contributed by atoms with Gasteiger partial charge in [0.05, 0.1) is 15.9 Å². The molecular formula is C28H22BrN3O3. The first kappa shape index (κ1) is 22.7. The first-order valence-corrected chi connectivity index (χ1v) is 11.9. The first-order chi connectivity index (χ1) is 17.2. The molecule has 0 saturated heterocycles. The summed E-state index contributed by atoms with van der Waals surface area (Å²) in [5, 5.41) is 7.74. The van der Waals surface area contributed by atoms with E-state index in [-0.39, 0.29) is 18.3 Å². The van der Waals surface area contributed by atoms with Crippen LogP contribution in [-0.4, -0.2) is 15.7 Å². The molecule has 5 aromatic rings. The molecule has 174 valence electrons. The number of hydrogen-bond acceptors (Lipinski definition) is 4. The van der Waals surface area contributed by atoms with E-state index in [2.05, 4.69) is 21.2 Å². The Morgan fingerprint density at radius 2 is 1.63 bits per heavy atom. The van der Waals surface area contributed by atoms with Gasteiger partial charge in [-0.1, -0.05) is 60.7 Å². The number of halogens is 1. The van der Waals surface area contributed by atoms with Crippen molar-refractivity contribution in [2.45, 2.75) is 13.2 Å². The van der Waals surface area contributed by atoms with Crippen LogP contribution in [0.1, 0.15) is 21.9 Å². The van der Waals surface area contributed by atoms with Gasteiger partial charge in [0, 0.05) is 23.9 Å². The van der Waals surface area contributed by atoms with E-state index in [1.807, 2.05) is 95.8 Å². The van der Waals surface area contributed by atoms with E-state index in [0.29, 0.717) is 18.1 Å². The maximum Gasteiger partial charge on any atom is 0.287 e. The predicted octanol–water partition coefficient (Wildman–Crippen LogP) is 6.40. The fourth-order valence-corrected chi connectivity index (χ4v) is 4.04. The molecule has 2 aromatic heterocycles. The third-order valence-corrected chi connectivity index (χ3v) is 6.04. The lowest BCUT2D eigenvalue weighted by Crippen LogP contribution is -2.22. The molecule has 0 unspecified atom stereocenters. The number of carbonyl (C=O) groups is 1. The molecule has 0 bridgehead atoms. The molecule has 35 heavy (non-hydrogen) atoms. The van der Waals surface area contributed by atoms with E-state index < -0.39 is 0 Å². The summed E-state index contributed by atoms with van der Waals surface area (Å²) >= 11 is 3.45. The molecule has 0 aliphatic carbocycles. The Morgan fingerprint density at radius 3 is 2.40 bits per heavy atom. The molecule has 0 saturated carbocycles. The minimum Gasteiger partial charge on any atom is -0.484 e. The van der Waals surface area contributed by atoms with Gasteiger partial charge in [0.15, 0.2) is 5.76 Å². The highest BCUT2D eigenvalue weighted by Crippen LogP contribution is 2.26. The normalized spacial score (nSPS) is 10.8. The molecule has 0 aliphatic heterocycles. The quantitative estimate of drug-likeness (QED) is 0.253. The van der Waals surface area contributed by atoms with Gasteiger partial charge in [0.1, 0.15) is 18.1 Å². The second-order valence-corrected chi connectivity index (χ2v) is 8.67. The van der Waals surface area contributed by atoms with Crippen molar-refractivity contribution in [1.82, 2.24) is 15.1 Å². The first-order valence-electron chi connectivity index (χ1n) is 11.1. The Hall–Kier alpha value is -4.10. The number of hydrogen-bond donors (Lipinski definition) is 1. The lowest BCUT2D eigenvalue weighted by Gasteiger charge is -2.06. The van der Waals surface area contributed by atoms with E-state index in [4.69, 9.17) is 14.3 Å². The van der Waals surface area contributed by atoms with E-state index >= 15 is 0 Å². The summed E-state index contributed by atoms with van der Waals surface area (Å²) in [5.41, 5.74) is 3.65. The standard InChI is InChI=1S/C28H22BrN3O3/c29-24-13-7-8-14-25(24)34-19-23-15-16-26(35-23)28(33)30-17-21-18-32(22-11-5-2-6-12-22)31-27(21)20-9-3-1-4-10-20/h1-16,18H,17,19H2,(H,30,33). The zero-order valence-corrected chi connectivity index (χ0v) is 20.3. The van der Waals surface area contributed by atoms with Gasteiger partial charge in [-0.3, -0.25) is 4.79 Å². The topological polar surface area (TPSA) is 69.3 Å². The summed E-state index contributed by atoms with van der Waals surface area (Å²) in [4.78, 5) is 12.8. The molecule has 7 heteroatoms. The molecule has 6 nitrogen and oxygen atoms in total. The Morgan fingerprint density at radius 1 is 0.914 bits per heavy atom. The number of para-hydroxylation sites is 2. The lowest BCUT2D eigenvalue weighted by molar-refractivity contribution is 0.0919. The van der Waals surface area contributed by atoms with Crippen molar-refractivity contribution in [3.05, 3.63) is 125 Å². The van der Waals surface area contributed by atoms with Gasteiger partial charge in [-0.05, 0) is 52.3 Å². The minimum absolute atomic E-state index is 0.220. The largest absolute Gasteiger partial charge is 0.484 e. The number of furan rings is 1. The number of carbonyl (C=O) groups excluding carboxylic acids is 1. The van der Waals surface area contributed by atoms with Crippen molar-refractivity contribution in [3.63, 3.8) is 0 Å². The Labute approximate surface area is 211 Å². The van der Waals surface area contributed by atoms with Crippen LogP contribution in [0.15, 0.2) is 112 Å².